The van der Waals surface area contributed by atoms with E-state index in [1.807, 2.05) is 4.90 Å². The van der Waals surface area contributed by atoms with Crippen molar-refractivity contribution in [3.05, 3.63) is 29.6 Å². The van der Waals surface area contributed by atoms with Gasteiger partial charge in [0.2, 0.25) is 0 Å². The van der Waals surface area contributed by atoms with Crippen molar-refractivity contribution >= 4 is 5.91 Å². The Morgan fingerprint density at radius 3 is 3.00 bits per heavy atom. The summed E-state index contributed by atoms with van der Waals surface area (Å²) < 4.78 is 13.0. The molecule has 2 fully saturated rings. The molecular weight excluding hydrogens is 259 g/mol. The number of benzene rings is 1. The fourth-order valence-electron chi connectivity index (χ4n) is 3.62. The molecule has 0 aromatic heterocycles. The first-order valence-corrected chi connectivity index (χ1v) is 7.12. The molecule has 3 atom stereocenters. The van der Waals surface area contributed by atoms with Crippen LogP contribution in [-0.4, -0.2) is 41.6 Å². The van der Waals surface area contributed by atoms with Crippen molar-refractivity contribution < 1.29 is 14.3 Å². The van der Waals surface area contributed by atoms with E-state index < -0.39 is 5.82 Å². The van der Waals surface area contributed by atoms with Gasteiger partial charge < -0.3 is 15.3 Å². The smallest absolute Gasteiger partial charge is 0.257 e. The van der Waals surface area contributed by atoms with Gasteiger partial charge in [-0.05, 0) is 30.4 Å². The van der Waals surface area contributed by atoms with E-state index in [1.54, 1.807) is 0 Å². The molecule has 1 amide bonds. The van der Waals surface area contributed by atoms with Crippen molar-refractivity contribution in [3.63, 3.8) is 0 Å². The van der Waals surface area contributed by atoms with Gasteiger partial charge in [0.05, 0.1) is 5.56 Å². The van der Waals surface area contributed by atoms with E-state index in [0.29, 0.717) is 18.4 Å². The van der Waals surface area contributed by atoms with Crippen LogP contribution in [0.5, 0.6) is 5.75 Å². The topological polar surface area (TPSA) is 52.6 Å². The Morgan fingerprint density at radius 1 is 1.50 bits per heavy atom. The maximum atomic E-state index is 13.0. The molecule has 0 saturated carbocycles. The second kappa shape index (κ2) is 5.05. The molecule has 2 aliphatic rings. The molecule has 0 spiro atoms. The maximum Gasteiger partial charge on any atom is 0.257 e. The lowest BCUT2D eigenvalue weighted by atomic mass is 9.93. The highest BCUT2D eigenvalue weighted by molar-refractivity contribution is 5.97. The number of phenolic OH excluding ortho intramolecular Hbond substituents is 1. The average Bonchev–Trinajstić information content (AvgIpc) is 2.97. The number of amides is 1. The van der Waals surface area contributed by atoms with E-state index >= 15 is 0 Å². The van der Waals surface area contributed by atoms with Gasteiger partial charge in [-0.15, -0.1) is 0 Å². The van der Waals surface area contributed by atoms with Crippen LogP contribution >= 0.6 is 0 Å². The van der Waals surface area contributed by atoms with E-state index in [4.69, 9.17) is 0 Å². The summed E-state index contributed by atoms with van der Waals surface area (Å²) in [5.74, 6) is -0.0181. The SMILES string of the molecule is CCC1C2CNCC2CN1C(=O)c1ccc(F)cc1O. The largest absolute Gasteiger partial charge is 0.507 e. The molecule has 1 aromatic rings. The summed E-state index contributed by atoms with van der Waals surface area (Å²) in [5.41, 5.74) is 0.192. The number of aromatic hydroxyl groups is 1. The number of carbonyl (C=O) groups is 1. The first-order valence-electron chi connectivity index (χ1n) is 7.12. The summed E-state index contributed by atoms with van der Waals surface area (Å²) in [6.45, 7) is 4.69. The summed E-state index contributed by atoms with van der Waals surface area (Å²) in [5, 5.41) is 13.2. The third-order valence-corrected chi connectivity index (χ3v) is 4.59. The van der Waals surface area contributed by atoms with Crippen LogP contribution in [0.2, 0.25) is 0 Å². The molecule has 1 aromatic carbocycles. The van der Waals surface area contributed by atoms with Crippen molar-refractivity contribution in [2.24, 2.45) is 11.8 Å². The van der Waals surface area contributed by atoms with E-state index in [9.17, 15) is 14.3 Å². The normalized spacial score (nSPS) is 28.7. The molecule has 0 bridgehead atoms. The number of nitrogens with zero attached hydrogens (tertiary/aromatic N) is 1. The van der Waals surface area contributed by atoms with E-state index in [-0.39, 0.29) is 23.3 Å². The summed E-state index contributed by atoms with van der Waals surface area (Å²) in [4.78, 5) is 14.5. The van der Waals surface area contributed by atoms with E-state index in [1.165, 1.54) is 12.1 Å². The molecule has 2 N–H and O–H groups in total. The zero-order valence-electron chi connectivity index (χ0n) is 11.5. The molecule has 108 valence electrons. The number of hydrogen-bond acceptors (Lipinski definition) is 3. The average molecular weight is 278 g/mol. The zero-order valence-corrected chi connectivity index (χ0v) is 11.5. The number of hydrogen-bond donors (Lipinski definition) is 2. The molecule has 0 aliphatic carbocycles. The lowest BCUT2D eigenvalue weighted by molar-refractivity contribution is 0.0708. The fraction of sp³-hybridized carbons (Fsp3) is 0.533. The quantitative estimate of drug-likeness (QED) is 0.864. The van der Waals surface area contributed by atoms with Gasteiger partial charge in [-0.1, -0.05) is 6.92 Å². The van der Waals surface area contributed by atoms with Crippen LogP contribution < -0.4 is 5.32 Å². The Hall–Kier alpha value is -1.62. The van der Waals surface area contributed by atoms with Gasteiger partial charge in [-0.25, -0.2) is 4.39 Å². The summed E-state index contributed by atoms with van der Waals surface area (Å²) in [7, 11) is 0. The number of nitrogens with one attached hydrogen (secondary N) is 1. The molecule has 20 heavy (non-hydrogen) atoms. The predicted octanol–water partition coefficient (Wildman–Crippen LogP) is 1.60. The van der Waals surface area contributed by atoms with Crippen LogP contribution in [-0.2, 0) is 0 Å². The van der Waals surface area contributed by atoms with Crippen LogP contribution in [0.3, 0.4) is 0 Å². The van der Waals surface area contributed by atoms with Crippen LogP contribution in [0.25, 0.3) is 0 Å². The Bertz CT molecular complexity index is 535. The van der Waals surface area contributed by atoms with Gasteiger partial charge in [0.15, 0.2) is 0 Å². The van der Waals surface area contributed by atoms with Crippen LogP contribution in [0.15, 0.2) is 18.2 Å². The molecule has 3 unspecified atom stereocenters. The minimum Gasteiger partial charge on any atom is -0.507 e. The molecule has 2 aliphatic heterocycles. The molecule has 4 nitrogen and oxygen atoms in total. The third kappa shape index (κ3) is 2.06. The first kappa shape index (κ1) is 13.4. The van der Waals surface area contributed by atoms with Gasteiger partial charge in [-0.2, -0.15) is 0 Å². The number of halogens is 1. The maximum absolute atomic E-state index is 13.0. The summed E-state index contributed by atoms with van der Waals surface area (Å²) in [6, 6.07) is 3.78. The highest BCUT2D eigenvalue weighted by Crippen LogP contribution is 2.36. The van der Waals surface area contributed by atoms with Gasteiger partial charge in [-0.3, -0.25) is 4.79 Å². The summed E-state index contributed by atoms with van der Waals surface area (Å²) >= 11 is 0. The minimum absolute atomic E-state index is 0.191. The van der Waals surface area contributed by atoms with Crippen molar-refractivity contribution in [1.29, 1.82) is 0 Å². The lowest BCUT2D eigenvalue weighted by Gasteiger charge is -2.27. The molecule has 2 saturated heterocycles. The highest BCUT2D eigenvalue weighted by atomic mass is 19.1. The second-order valence-corrected chi connectivity index (χ2v) is 5.68. The second-order valence-electron chi connectivity index (χ2n) is 5.68. The highest BCUT2D eigenvalue weighted by Gasteiger charge is 2.45. The Morgan fingerprint density at radius 2 is 2.30 bits per heavy atom. The van der Waals surface area contributed by atoms with Crippen molar-refractivity contribution in [1.82, 2.24) is 10.2 Å². The molecule has 3 rings (SSSR count). The van der Waals surface area contributed by atoms with Gasteiger partial charge in [0.1, 0.15) is 11.6 Å². The van der Waals surface area contributed by atoms with E-state index in [2.05, 4.69) is 12.2 Å². The Kier molecular flexibility index (Phi) is 3.38. The summed E-state index contributed by atoms with van der Waals surface area (Å²) in [6.07, 6.45) is 0.899. The third-order valence-electron chi connectivity index (χ3n) is 4.59. The standard InChI is InChI=1S/C15H19FN2O2/c1-2-13-12-7-17-6-9(12)8-18(13)15(20)11-4-3-10(16)5-14(11)19/h3-5,9,12-13,17,19H,2,6-8H2,1H3. The van der Waals surface area contributed by atoms with Gasteiger partial charge in [0, 0.05) is 31.7 Å². The number of rotatable bonds is 2. The van der Waals surface area contributed by atoms with Crippen LogP contribution in [0.1, 0.15) is 23.7 Å². The number of phenols is 1. The number of carbonyl (C=O) groups excluding carboxylic acids is 1. The Balaban J connectivity index is 1.86. The van der Waals surface area contributed by atoms with Gasteiger partial charge >= 0.3 is 0 Å². The zero-order chi connectivity index (χ0) is 14.3. The Labute approximate surface area is 117 Å². The predicted molar refractivity (Wildman–Crippen MR) is 73.0 cm³/mol. The first-order chi connectivity index (χ1) is 9.61. The van der Waals surface area contributed by atoms with Crippen molar-refractivity contribution in [2.75, 3.05) is 19.6 Å². The van der Waals surface area contributed by atoms with Crippen molar-refractivity contribution in [3.8, 4) is 5.75 Å². The molecule has 0 radical (unpaired) electrons. The van der Waals surface area contributed by atoms with Gasteiger partial charge in [0.25, 0.3) is 5.91 Å². The number of fused-ring (bicyclic) bond motifs is 1. The monoisotopic (exact) mass is 278 g/mol. The van der Waals surface area contributed by atoms with E-state index in [0.717, 1.165) is 25.6 Å². The number of likely N-dealkylation sites (tertiary alicyclic amines) is 1. The van der Waals surface area contributed by atoms with Crippen molar-refractivity contribution in [2.45, 2.75) is 19.4 Å². The van der Waals surface area contributed by atoms with Crippen LogP contribution in [0, 0.1) is 17.7 Å². The molecular formula is C15H19FN2O2. The van der Waals surface area contributed by atoms with Crippen LogP contribution in [0.4, 0.5) is 4.39 Å². The molecule has 5 heteroatoms. The lowest BCUT2D eigenvalue weighted by Crippen LogP contribution is -2.39. The fourth-order valence-corrected chi connectivity index (χ4v) is 3.62. The molecule has 2 heterocycles. The minimum atomic E-state index is -0.534.